The van der Waals surface area contributed by atoms with Gasteiger partial charge in [0.1, 0.15) is 11.6 Å². The number of imide groups is 2. The Morgan fingerprint density at radius 2 is 1.88 bits per heavy atom. The van der Waals surface area contributed by atoms with Gasteiger partial charge in [-0.3, -0.25) is 29.4 Å². The summed E-state index contributed by atoms with van der Waals surface area (Å²) in [5, 5.41) is 4.95. The average molecular weight is 442 g/mol. The number of piperidine rings is 1. The molecule has 4 rings (SSSR count). The van der Waals surface area contributed by atoms with Gasteiger partial charge in [-0.15, -0.1) is 0 Å². The molecule has 0 spiro atoms. The number of nitrogens with one attached hydrogen (secondary N) is 2. The van der Waals surface area contributed by atoms with Gasteiger partial charge in [-0.1, -0.05) is 6.07 Å². The van der Waals surface area contributed by atoms with Crippen LogP contribution < -0.4 is 15.5 Å². The largest absolute Gasteiger partial charge is 0.444 e. The molecular weight excluding hydrogens is 416 g/mol. The van der Waals surface area contributed by atoms with Crippen LogP contribution in [0.4, 0.5) is 10.5 Å². The summed E-state index contributed by atoms with van der Waals surface area (Å²) in [6.45, 7) is 7.03. The molecule has 0 bridgehead atoms. The fraction of sp³-hybridized carbons (Fsp3) is 0.500. The second kappa shape index (κ2) is 7.92. The molecule has 2 saturated heterocycles. The smallest absolute Gasteiger partial charge is 0.407 e. The van der Waals surface area contributed by atoms with Gasteiger partial charge >= 0.3 is 6.09 Å². The zero-order valence-electron chi connectivity index (χ0n) is 18.3. The number of anilines is 1. The van der Waals surface area contributed by atoms with Crippen LogP contribution in [0, 0.1) is 5.92 Å². The number of benzene rings is 1. The van der Waals surface area contributed by atoms with Crippen LogP contribution in [-0.4, -0.2) is 65.9 Å². The number of nitrogens with zero attached hydrogens (tertiary/aromatic N) is 2. The first-order valence-corrected chi connectivity index (χ1v) is 10.6. The minimum Gasteiger partial charge on any atom is -0.444 e. The molecule has 0 aromatic heterocycles. The standard InChI is InChI=1S/C22H26N4O6/c1-22(2,3)32-21(31)23-9-12-10-25(11-12)14-6-4-5-13-17(14)20(30)26(19(13)29)15-7-8-16(27)24-18(15)28/h4-6,12,15H,7-11H2,1-3H3,(H,23,31)(H,24,27,28). The van der Waals surface area contributed by atoms with Crippen LogP contribution in [0.5, 0.6) is 0 Å². The fourth-order valence-corrected chi connectivity index (χ4v) is 4.20. The number of amides is 5. The molecule has 10 heteroatoms. The van der Waals surface area contributed by atoms with Gasteiger partial charge in [0.25, 0.3) is 11.8 Å². The number of carbonyl (C=O) groups is 5. The lowest BCUT2D eigenvalue weighted by molar-refractivity contribution is -0.136. The minimum atomic E-state index is -0.991. The molecule has 3 aliphatic heterocycles. The minimum absolute atomic E-state index is 0.0785. The molecule has 0 saturated carbocycles. The lowest BCUT2D eigenvalue weighted by Gasteiger charge is -2.41. The summed E-state index contributed by atoms with van der Waals surface area (Å²) in [7, 11) is 0. The van der Waals surface area contributed by atoms with Gasteiger partial charge in [0, 0.05) is 32.0 Å². The summed E-state index contributed by atoms with van der Waals surface area (Å²) in [6, 6.07) is 4.07. The van der Waals surface area contributed by atoms with E-state index < -0.39 is 41.4 Å². The third-order valence-electron chi connectivity index (χ3n) is 5.68. The van der Waals surface area contributed by atoms with E-state index in [1.807, 2.05) is 4.90 Å². The van der Waals surface area contributed by atoms with Crippen molar-refractivity contribution in [3.05, 3.63) is 29.3 Å². The predicted octanol–water partition coefficient (Wildman–Crippen LogP) is 1.05. The summed E-state index contributed by atoms with van der Waals surface area (Å²) in [5.74, 6) is -1.91. The maximum absolute atomic E-state index is 13.2. The predicted molar refractivity (Wildman–Crippen MR) is 113 cm³/mol. The summed E-state index contributed by atoms with van der Waals surface area (Å²) in [5.41, 5.74) is 0.596. The second-order valence-corrected chi connectivity index (χ2v) is 9.30. The molecule has 32 heavy (non-hydrogen) atoms. The first kappa shape index (κ1) is 21.8. The molecule has 1 atom stereocenters. The van der Waals surface area contributed by atoms with Gasteiger partial charge in [0.05, 0.1) is 16.8 Å². The van der Waals surface area contributed by atoms with Crippen molar-refractivity contribution >= 4 is 35.4 Å². The van der Waals surface area contributed by atoms with Crippen molar-refractivity contribution in [2.24, 2.45) is 5.92 Å². The highest BCUT2D eigenvalue weighted by atomic mass is 16.6. The molecule has 3 aliphatic rings. The third-order valence-corrected chi connectivity index (χ3v) is 5.68. The van der Waals surface area contributed by atoms with Crippen molar-refractivity contribution in [1.82, 2.24) is 15.5 Å². The van der Waals surface area contributed by atoms with Crippen LogP contribution in [-0.2, 0) is 14.3 Å². The monoisotopic (exact) mass is 442 g/mol. The van der Waals surface area contributed by atoms with Gasteiger partial charge in [0.2, 0.25) is 11.8 Å². The molecule has 1 aromatic carbocycles. The number of alkyl carbamates (subject to hydrolysis) is 1. The van der Waals surface area contributed by atoms with Crippen LogP contribution in [0.1, 0.15) is 54.3 Å². The van der Waals surface area contributed by atoms with Crippen molar-refractivity contribution in [2.75, 3.05) is 24.5 Å². The van der Waals surface area contributed by atoms with Crippen molar-refractivity contribution in [3.8, 4) is 0 Å². The Morgan fingerprint density at radius 3 is 2.53 bits per heavy atom. The van der Waals surface area contributed by atoms with E-state index in [1.165, 1.54) is 0 Å². The van der Waals surface area contributed by atoms with E-state index in [1.54, 1.807) is 39.0 Å². The Morgan fingerprint density at radius 1 is 1.16 bits per heavy atom. The number of hydrogen-bond acceptors (Lipinski definition) is 7. The average Bonchev–Trinajstić information content (AvgIpc) is 2.91. The van der Waals surface area contributed by atoms with Gasteiger partial charge in [-0.2, -0.15) is 0 Å². The van der Waals surface area contributed by atoms with Crippen LogP contribution in [0.15, 0.2) is 18.2 Å². The molecule has 10 nitrogen and oxygen atoms in total. The zero-order valence-corrected chi connectivity index (χ0v) is 18.3. The molecule has 2 N–H and O–H groups in total. The van der Waals surface area contributed by atoms with Crippen LogP contribution >= 0.6 is 0 Å². The van der Waals surface area contributed by atoms with E-state index in [4.69, 9.17) is 4.74 Å². The quantitative estimate of drug-likeness (QED) is 0.668. The second-order valence-electron chi connectivity index (χ2n) is 9.30. The summed E-state index contributed by atoms with van der Waals surface area (Å²) in [6.07, 6.45) is -0.278. The third kappa shape index (κ3) is 4.04. The van der Waals surface area contributed by atoms with Crippen LogP contribution in [0.2, 0.25) is 0 Å². The van der Waals surface area contributed by atoms with E-state index in [0.29, 0.717) is 25.3 Å². The number of hydrogen-bond donors (Lipinski definition) is 2. The highest BCUT2D eigenvalue weighted by Gasteiger charge is 2.46. The van der Waals surface area contributed by atoms with Gasteiger partial charge in [-0.05, 0) is 39.3 Å². The van der Waals surface area contributed by atoms with E-state index in [9.17, 15) is 24.0 Å². The highest BCUT2D eigenvalue weighted by Crippen LogP contribution is 2.36. The topological polar surface area (TPSA) is 125 Å². The Hall–Kier alpha value is -3.43. The van der Waals surface area contributed by atoms with Crippen molar-refractivity contribution in [3.63, 3.8) is 0 Å². The van der Waals surface area contributed by atoms with Crippen molar-refractivity contribution in [1.29, 1.82) is 0 Å². The Labute approximate surface area is 185 Å². The lowest BCUT2D eigenvalue weighted by Crippen LogP contribution is -2.54. The molecule has 1 aromatic rings. The van der Waals surface area contributed by atoms with Crippen molar-refractivity contribution in [2.45, 2.75) is 45.3 Å². The summed E-state index contributed by atoms with van der Waals surface area (Å²) < 4.78 is 5.23. The Kier molecular flexibility index (Phi) is 5.39. The fourth-order valence-electron chi connectivity index (χ4n) is 4.20. The lowest BCUT2D eigenvalue weighted by atomic mass is 9.96. The summed E-state index contributed by atoms with van der Waals surface area (Å²) >= 11 is 0. The van der Waals surface area contributed by atoms with Crippen LogP contribution in [0.3, 0.4) is 0 Å². The Balaban J connectivity index is 1.43. The highest BCUT2D eigenvalue weighted by molar-refractivity contribution is 6.25. The molecule has 1 unspecified atom stereocenters. The van der Waals surface area contributed by atoms with Crippen LogP contribution in [0.25, 0.3) is 0 Å². The molecular formula is C22H26N4O6. The maximum Gasteiger partial charge on any atom is 0.407 e. The van der Waals surface area contributed by atoms with E-state index in [2.05, 4.69) is 10.6 Å². The first-order valence-electron chi connectivity index (χ1n) is 10.6. The number of rotatable bonds is 4. The summed E-state index contributed by atoms with van der Waals surface area (Å²) in [4.78, 5) is 64.6. The maximum atomic E-state index is 13.2. The number of carbonyl (C=O) groups excluding carboxylic acids is 5. The zero-order chi connectivity index (χ0) is 23.2. The molecule has 170 valence electrons. The number of ether oxygens (including phenoxy) is 1. The number of fused-ring (bicyclic) bond motifs is 1. The Bertz CT molecular complexity index is 1010. The van der Waals surface area contributed by atoms with E-state index >= 15 is 0 Å². The molecule has 5 amide bonds. The van der Waals surface area contributed by atoms with Gasteiger partial charge in [-0.25, -0.2) is 4.79 Å². The van der Waals surface area contributed by atoms with Crippen molar-refractivity contribution < 1.29 is 28.7 Å². The molecule has 0 radical (unpaired) electrons. The van der Waals surface area contributed by atoms with Gasteiger partial charge in [0.15, 0.2) is 0 Å². The molecule has 2 fully saturated rings. The van der Waals surface area contributed by atoms with E-state index in [0.717, 1.165) is 4.90 Å². The first-order chi connectivity index (χ1) is 15.0. The SMILES string of the molecule is CC(C)(C)OC(=O)NCC1CN(c2cccc3c2C(=O)N(C2CCC(=O)NC2=O)C3=O)C1. The molecule has 3 heterocycles. The van der Waals surface area contributed by atoms with E-state index in [-0.39, 0.29) is 29.9 Å². The normalized spacial score (nSPS) is 21.3. The molecule has 0 aliphatic carbocycles. The van der Waals surface area contributed by atoms with Gasteiger partial charge < -0.3 is 15.0 Å².